The fourth-order valence-electron chi connectivity index (χ4n) is 3.63. The standard InChI is InChI=1S/C19H23ClN4O4/c20-14-7-2-1-6-13(14)16(26)22-12-15(25)21-10-5-11-24-17(27)19(23-18(24)28)8-3-4-9-19/h1-2,6-7H,3-5,8-12H2,(H,21,25)(H,22,26)(H,23,28). The second-order valence-corrected chi connectivity index (χ2v) is 7.45. The van der Waals surface area contributed by atoms with Gasteiger partial charge < -0.3 is 16.0 Å². The first-order valence-electron chi connectivity index (χ1n) is 9.36. The van der Waals surface area contributed by atoms with Gasteiger partial charge in [-0.15, -0.1) is 0 Å². The summed E-state index contributed by atoms with van der Waals surface area (Å²) in [5.74, 6) is -0.944. The summed E-state index contributed by atoms with van der Waals surface area (Å²) in [6.07, 6.45) is 3.71. The maximum absolute atomic E-state index is 12.5. The molecule has 0 atom stereocenters. The SMILES string of the molecule is O=C(CNC(=O)c1ccccc1Cl)NCCCN1C(=O)NC2(CCCC2)C1=O. The second kappa shape index (κ2) is 8.60. The zero-order chi connectivity index (χ0) is 20.1. The zero-order valence-corrected chi connectivity index (χ0v) is 16.2. The highest BCUT2D eigenvalue weighted by molar-refractivity contribution is 6.33. The van der Waals surface area contributed by atoms with Crippen LogP contribution in [0.3, 0.4) is 0 Å². The molecule has 0 aromatic heterocycles. The normalized spacial score (nSPS) is 17.7. The Bertz CT molecular complexity index is 792. The predicted molar refractivity (Wildman–Crippen MR) is 103 cm³/mol. The molecule has 150 valence electrons. The topological polar surface area (TPSA) is 108 Å². The summed E-state index contributed by atoms with van der Waals surface area (Å²) >= 11 is 5.94. The molecule has 1 saturated heterocycles. The highest BCUT2D eigenvalue weighted by Gasteiger charge is 2.51. The third-order valence-electron chi connectivity index (χ3n) is 5.11. The van der Waals surface area contributed by atoms with E-state index in [1.54, 1.807) is 24.3 Å². The molecule has 0 unspecified atom stereocenters. The van der Waals surface area contributed by atoms with Crippen molar-refractivity contribution in [2.75, 3.05) is 19.6 Å². The van der Waals surface area contributed by atoms with E-state index in [4.69, 9.17) is 11.6 Å². The van der Waals surface area contributed by atoms with Gasteiger partial charge in [0.1, 0.15) is 5.54 Å². The molecule has 1 heterocycles. The number of halogens is 1. The van der Waals surface area contributed by atoms with Crippen molar-refractivity contribution in [2.24, 2.45) is 0 Å². The number of nitrogens with one attached hydrogen (secondary N) is 3. The van der Waals surface area contributed by atoms with Crippen molar-refractivity contribution in [3.05, 3.63) is 34.9 Å². The molecule has 1 aromatic rings. The third-order valence-corrected chi connectivity index (χ3v) is 5.44. The van der Waals surface area contributed by atoms with Gasteiger partial charge in [0.2, 0.25) is 5.91 Å². The fourth-order valence-corrected chi connectivity index (χ4v) is 3.85. The van der Waals surface area contributed by atoms with Gasteiger partial charge in [0.25, 0.3) is 11.8 Å². The van der Waals surface area contributed by atoms with E-state index in [1.165, 1.54) is 4.90 Å². The van der Waals surface area contributed by atoms with Crippen LogP contribution in [0.15, 0.2) is 24.3 Å². The summed E-state index contributed by atoms with van der Waals surface area (Å²) in [6.45, 7) is 0.361. The number of carbonyl (C=O) groups excluding carboxylic acids is 4. The summed E-state index contributed by atoms with van der Waals surface area (Å²) in [5, 5.41) is 8.30. The van der Waals surface area contributed by atoms with Gasteiger partial charge in [-0.1, -0.05) is 36.6 Å². The largest absolute Gasteiger partial charge is 0.355 e. The highest BCUT2D eigenvalue weighted by Crippen LogP contribution is 2.34. The van der Waals surface area contributed by atoms with Crippen LogP contribution in [-0.4, -0.2) is 53.8 Å². The van der Waals surface area contributed by atoms with E-state index in [9.17, 15) is 19.2 Å². The van der Waals surface area contributed by atoms with Crippen molar-refractivity contribution < 1.29 is 19.2 Å². The van der Waals surface area contributed by atoms with Crippen molar-refractivity contribution in [3.63, 3.8) is 0 Å². The maximum Gasteiger partial charge on any atom is 0.325 e. The van der Waals surface area contributed by atoms with Crippen LogP contribution >= 0.6 is 11.6 Å². The first kappa shape index (κ1) is 20.1. The molecule has 1 aromatic carbocycles. The lowest BCUT2D eigenvalue weighted by molar-refractivity contribution is -0.131. The number of rotatable bonds is 7. The van der Waals surface area contributed by atoms with Crippen molar-refractivity contribution >= 4 is 35.4 Å². The average Bonchev–Trinajstić information content (AvgIpc) is 3.23. The zero-order valence-electron chi connectivity index (χ0n) is 15.4. The number of hydrogen-bond acceptors (Lipinski definition) is 4. The van der Waals surface area contributed by atoms with Crippen LogP contribution in [-0.2, 0) is 9.59 Å². The monoisotopic (exact) mass is 406 g/mol. The Labute approximate surface area is 168 Å². The lowest BCUT2D eigenvalue weighted by Crippen LogP contribution is -2.44. The Morgan fingerprint density at radius 1 is 1.14 bits per heavy atom. The molecule has 1 aliphatic carbocycles. The van der Waals surface area contributed by atoms with E-state index < -0.39 is 11.4 Å². The molecule has 9 heteroatoms. The fraction of sp³-hybridized carbons (Fsp3) is 0.474. The minimum atomic E-state index is -0.705. The van der Waals surface area contributed by atoms with Crippen molar-refractivity contribution in [1.82, 2.24) is 20.9 Å². The van der Waals surface area contributed by atoms with Gasteiger partial charge >= 0.3 is 6.03 Å². The number of imide groups is 1. The van der Waals surface area contributed by atoms with Crippen LogP contribution in [0.25, 0.3) is 0 Å². The van der Waals surface area contributed by atoms with Crippen molar-refractivity contribution in [1.29, 1.82) is 0 Å². The van der Waals surface area contributed by atoms with Gasteiger partial charge in [0, 0.05) is 13.1 Å². The van der Waals surface area contributed by atoms with E-state index in [0.717, 1.165) is 12.8 Å². The Balaban J connectivity index is 1.37. The van der Waals surface area contributed by atoms with Crippen LogP contribution < -0.4 is 16.0 Å². The minimum Gasteiger partial charge on any atom is -0.355 e. The Kier molecular flexibility index (Phi) is 6.18. The number of benzene rings is 1. The highest BCUT2D eigenvalue weighted by atomic mass is 35.5. The Morgan fingerprint density at radius 3 is 2.57 bits per heavy atom. The predicted octanol–water partition coefficient (Wildman–Crippen LogP) is 1.44. The Morgan fingerprint density at radius 2 is 1.86 bits per heavy atom. The van der Waals surface area contributed by atoms with E-state index >= 15 is 0 Å². The number of urea groups is 1. The number of nitrogens with zero attached hydrogens (tertiary/aromatic N) is 1. The van der Waals surface area contributed by atoms with Gasteiger partial charge in [0.05, 0.1) is 17.1 Å². The molecule has 3 rings (SSSR count). The minimum absolute atomic E-state index is 0.159. The van der Waals surface area contributed by atoms with Gasteiger partial charge in [-0.2, -0.15) is 0 Å². The number of hydrogen-bond donors (Lipinski definition) is 3. The quantitative estimate of drug-likeness (QED) is 0.470. The molecule has 2 aliphatic rings. The van der Waals surface area contributed by atoms with Crippen LogP contribution in [0.1, 0.15) is 42.5 Å². The summed E-state index contributed by atoms with van der Waals surface area (Å²) in [6, 6.07) is 6.22. The van der Waals surface area contributed by atoms with Gasteiger partial charge in [0.15, 0.2) is 0 Å². The molecule has 1 saturated carbocycles. The van der Waals surface area contributed by atoms with E-state index in [1.807, 2.05) is 0 Å². The molecule has 3 N–H and O–H groups in total. The molecule has 28 heavy (non-hydrogen) atoms. The summed E-state index contributed by atoms with van der Waals surface area (Å²) < 4.78 is 0. The third kappa shape index (κ3) is 4.27. The molecule has 8 nitrogen and oxygen atoms in total. The van der Waals surface area contributed by atoms with Crippen LogP contribution in [0.4, 0.5) is 4.79 Å². The number of carbonyl (C=O) groups is 4. The van der Waals surface area contributed by atoms with Crippen LogP contribution in [0.5, 0.6) is 0 Å². The second-order valence-electron chi connectivity index (χ2n) is 7.04. The van der Waals surface area contributed by atoms with Crippen molar-refractivity contribution in [3.8, 4) is 0 Å². The van der Waals surface area contributed by atoms with Gasteiger partial charge in [-0.05, 0) is 31.4 Å². The lowest BCUT2D eigenvalue weighted by Gasteiger charge is -2.20. The first-order chi connectivity index (χ1) is 13.4. The van der Waals surface area contributed by atoms with E-state index in [2.05, 4.69) is 16.0 Å². The molecular weight excluding hydrogens is 384 g/mol. The van der Waals surface area contributed by atoms with E-state index in [-0.39, 0.29) is 30.9 Å². The summed E-state index contributed by atoms with van der Waals surface area (Å²) in [7, 11) is 0. The van der Waals surface area contributed by atoms with E-state index in [0.29, 0.717) is 36.4 Å². The van der Waals surface area contributed by atoms with Crippen LogP contribution in [0, 0.1) is 0 Å². The number of amides is 5. The van der Waals surface area contributed by atoms with Crippen molar-refractivity contribution in [2.45, 2.75) is 37.6 Å². The Hall–Kier alpha value is -2.61. The smallest absolute Gasteiger partial charge is 0.325 e. The lowest BCUT2D eigenvalue weighted by atomic mass is 9.98. The van der Waals surface area contributed by atoms with Gasteiger partial charge in [-0.25, -0.2) is 4.79 Å². The van der Waals surface area contributed by atoms with Gasteiger partial charge in [-0.3, -0.25) is 19.3 Å². The summed E-state index contributed by atoms with van der Waals surface area (Å²) in [5.41, 5.74) is -0.403. The molecule has 1 aliphatic heterocycles. The molecule has 0 bridgehead atoms. The van der Waals surface area contributed by atoms with Crippen LogP contribution in [0.2, 0.25) is 5.02 Å². The molecule has 1 spiro atoms. The average molecular weight is 407 g/mol. The maximum atomic E-state index is 12.5. The molecule has 2 fully saturated rings. The molecule has 5 amide bonds. The summed E-state index contributed by atoms with van der Waals surface area (Å²) in [4.78, 5) is 49.7. The first-order valence-corrected chi connectivity index (χ1v) is 9.74. The molecule has 0 radical (unpaired) electrons. The molecular formula is C19H23ClN4O4.